The molecule has 0 aromatic rings. The molecule has 0 heterocycles. The largest absolute Gasteiger partial charge is 0.353 e. The van der Waals surface area contributed by atoms with Crippen molar-refractivity contribution < 1.29 is 9.47 Å². The molecular formula is C10H22O2S. The number of ether oxygens (including phenoxy) is 2. The first kappa shape index (κ1) is 13.3. The predicted molar refractivity (Wildman–Crippen MR) is 59.1 cm³/mol. The molecule has 0 bridgehead atoms. The van der Waals surface area contributed by atoms with Crippen LogP contribution in [0.5, 0.6) is 0 Å². The van der Waals surface area contributed by atoms with Crippen LogP contribution in [0.3, 0.4) is 0 Å². The van der Waals surface area contributed by atoms with E-state index in [1.165, 1.54) is 0 Å². The summed E-state index contributed by atoms with van der Waals surface area (Å²) in [5, 5.41) is 0. The Hall–Kier alpha value is 0.270. The van der Waals surface area contributed by atoms with Crippen LogP contribution >= 0.6 is 12.6 Å². The van der Waals surface area contributed by atoms with E-state index < -0.39 is 0 Å². The zero-order valence-electron chi connectivity index (χ0n) is 8.95. The second kappa shape index (κ2) is 8.85. The molecule has 0 N–H and O–H groups in total. The van der Waals surface area contributed by atoms with Crippen molar-refractivity contribution in [3.8, 4) is 0 Å². The zero-order valence-corrected chi connectivity index (χ0v) is 9.85. The van der Waals surface area contributed by atoms with Gasteiger partial charge in [0.2, 0.25) is 0 Å². The Bertz CT molecular complexity index is 103. The maximum atomic E-state index is 5.61. The van der Waals surface area contributed by atoms with E-state index in [0.717, 1.165) is 25.7 Å². The second-order valence-corrected chi connectivity index (χ2v) is 3.63. The lowest BCUT2D eigenvalue weighted by molar-refractivity contribution is -0.151. The summed E-state index contributed by atoms with van der Waals surface area (Å²) in [5.74, 6) is 0. The van der Waals surface area contributed by atoms with Crippen molar-refractivity contribution >= 4 is 12.6 Å². The zero-order chi connectivity index (χ0) is 10.1. The molecule has 0 fully saturated rings. The SMILES string of the molecule is CCCC(S)OC(CCC)OCC. The molecule has 2 atom stereocenters. The fraction of sp³-hybridized carbons (Fsp3) is 1.00. The molecule has 2 nitrogen and oxygen atoms in total. The first-order chi connectivity index (χ1) is 6.24. The predicted octanol–water partition coefficient (Wildman–Crippen LogP) is 3.22. The topological polar surface area (TPSA) is 18.5 Å². The summed E-state index contributed by atoms with van der Waals surface area (Å²) in [6, 6.07) is 0. The molecule has 0 aliphatic carbocycles. The monoisotopic (exact) mass is 206 g/mol. The lowest BCUT2D eigenvalue weighted by Gasteiger charge is -2.20. The third-order valence-corrected chi connectivity index (χ3v) is 2.10. The molecule has 2 unspecified atom stereocenters. The molecule has 0 saturated heterocycles. The fourth-order valence-electron chi connectivity index (χ4n) is 1.10. The summed E-state index contributed by atoms with van der Waals surface area (Å²) in [6.45, 7) is 6.95. The highest BCUT2D eigenvalue weighted by Gasteiger charge is 2.11. The van der Waals surface area contributed by atoms with Crippen LogP contribution in [-0.2, 0) is 9.47 Å². The van der Waals surface area contributed by atoms with Crippen LogP contribution in [0.15, 0.2) is 0 Å². The lowest BCUT2D eigenvalue weighted by atomic mass is 10.3. The van der Waals surface area contributed by atoms with E-state index in [1.807, 2.05) is 6.92 Å². The van der Waals surface area contributed by atoms with Crippen LogP contribution in [0.25, 0.3) is 0 Å². The number of thiol groups is 1. The molecule has 3 heteroatoms. The van der Waals surface area contributed by atoms with Gasteiger partial charge in [0.1, 0.15) is 5.44 Å². The van der Waals surface area contributed by atoms with Crippen molar-refractivity contribution in [3.63, 3.8) is 0 Å². The summed E-state index contributed by atoms with van der Waals surface area (Å²) in [5.41, 5.74) is 0.0214. The van der Waals surface area contributed by atoms with Gasteiger partial charge in [0, 0.05) is 6.61 Å². The highest BCUT2D eigenvalue weighted by Crippen LogP contribution is 2.13. The quantitative estimate of drug-likeness (QED) is 0.485. The number of hydrogen-bond donors (Lipinski definition) is 1. The van der Waals surface area contributed by atoms with Crippen LogP contribution in [0.4, 0.5) is 0 Å². The van der Waals surface area contributed by atoms with Gasteiger partial charge in [-0.05, 0) is 19.8 Å². The molecule has 0 aliphatic rings. The van der Waals surface area contributed by atoms with Crippen molar-refractivity contribution in [3.05, 3.63) is 0 Å². The Morgan fingerprint density at radius 2 is 1.69 bits per heavy atom. The van der Waals surface area contributed by atoms with E-state index in [0.29, 0.717) is 6.61 Å². The Kier molecular flexibility index (Phi) is 9.03. The third-order valence-electron chi connectivity index (χ3n) is 1.72. The van der Waals surface area contributed by atoms with Gasteiger partial charge >= 0.3 is 0 Å². The Balaban J connectivity index is 3.64. The standard InChI is InChI=1S/C10H22O2S/c1-4-7-9(11-6-3)12-10(13)8-5-2/h9-10,13H,4-8H2,1-3H3. The maximum absolute atomic E-state index is 5.61. The van der Waals surface area contributed by atoms with Gasteiger partial charge in [0.15, 0.2) is 6.29 Å². The first-order valence-corrected chi connectivity index (χ1v) is 5.71. The highest BCUT2D eigenvalue weighted by molar-refractivity contribution is 7.80. The van der Waals surface area contributed by atoms with Gasteiger partial charge in [-0.2, -0.15) is 0 Å². The highest BCUT2D eigenvalue weighted by atomic mass is 32.1. The Morgan fingerprint density at radius 1 is 1.08 bits per heavy atom. The van der Waals surface area contributed by atoms with E-state index >= 15 is 0 Å². The van der Waals surface area contributed by atoms with Gasteiger partial charge in [-0.3, -0.25) is 0 Å². The van der Waals surface area contributed by atoms with Gasteiger partial charge in [-0.25, -0.2) is 0 Å². The van der Waals surface area contributed by atoms with Crippen molar-refractivity contribution in [1.29, 1.82) is 0 Å². The summed E-state index contributed by atoms with van der Waals surface area (Å²) >= 11 is 4.33. The number of rotatable bonds is 8. The molecule has 0 radical (unpaired) electrons. The van der Waals surface area contributed by atoms with Gasteiger partial charge < -0.3 is 9.47 Å². The minimum atomic E-state index is -0.0657. The molecule has 0 aromatic heterocycles. The molecule has 13 heavy (non-hydrogen) atoms. The fourth-order valence-corrected chi connectivity index (χ4v) is 1.50. The first-order valence-electron chi connectivity index (χ1n) is 5.19. The Labute approximate surface area is 87.4 Å². The van der Waals surface area contributed by atoms with Gasteiger partial charge in [-0.1, -0.05) is 26.7 Å². The van der Waals surface area contributed by atoms with Crippen LogP contribution < -0.4 is 0 Å². The molecule has 80 valence electrons. The van der Waals surface area contributed by atoms with Crippen molar-refractivity contribution in [2.75, 3.05) is 6.61 Å². The van der Waals surface area contributed by atoms with E-state index in [-0.39, 0.29) is 11.7 Å². The molecule has 0 aromatic carbocycles. The summed E-state index contributed by atoms with van der Waals surface area (Å²) < 4.78 is 11.0. The molecule has 0 amide bonds. The molecular weight excluding hydrogens is 184 g/mol. The molecule has 0 aliphatic heterocycles. The van der Waals surface area contributed by atoms with E-state index in [9.17, 15) is 0 Å². The molecule has 0 rings (SSSR count). The average Bonchev–Trinajstić information content (AvgIpc) is 2.05. The lowest BCUT2D eigenvalue weighted by Crippen LogP contribution is -2.21. The summed E-state index contributed by atoms with van der Waals surface area (Å²) in [6.07, 6.45) is 4.05. The van der Waals surface area contributed by atoms with E-state index in [1.54, 1.807) is 0 Å². The minimum Gasteiger partial charge on any atom is -0.353 e. The molecule has 0 saturated carbocycles. The van der Waals surface area contributed by atoms with Gasteiger partial charge in [0.05, 0.1) is 0 Å². The number of hydrogen-bond acceptors (Lipinski definition) is 3. The summed E-state index contributed by atoms with van der Waals surface area (Å²) in [4.78, 5) is 0. The normalized spacial score (nSPS) is 15.7. The van der Waals surface area contributed by atoms with E-state index in [4.69, 9.17) is 9.47 Å². The van der Waals surface area contributed by atoms with Crippen LogP contribution in [0, 0.1) is 0 Å². The van der Waals surface area contributed by atoms with Crippen LogP contribution in [0.2, 0.25) is 0 Å². The van der Waals surface area contributed by atoms with E-state index in [2.05, 4.69) is 26.5 Å². The third kappa shape index (κ3) is 7.35. The average molecular weight is 206 g/mol. The smallest absolute Gasteiger partial charge is 0.159 e. The van der Waals surface area contributed by atoms with Crippen molar-refractivity contribution in [2.45, 2.75) is 58.2 Å². The van der Waals surface area contributed by atoms with Crippen LogP contribution in [0.1, 0.15) is 46.5 Å². The second-order valence-electron chi connectivity index (χ2n) is 3.05. The van der Waals surface area contributed by atoms with Crippen molar-refractivity contribution in [2.24, 2.45) is 0 Å². The molecule has 0 spiro atoms. The maximum Gasteiger partial charge on any atom is 0.159 e. The van der Waals surface area contributed by atoms with Crippen molar-refractivity contribution in [1.82, 2.24) is 0 Å². The Morgan fingerprint density at radius 3 is 2.15 bits per heavy atom. The minimum absolute atomic E-state index is 0.0214. The van der Waals surface area contributed by atoms with Crippen LogP contribution in [-0.4, -0.2) is 18.3 Å². The van der Waals surface area contributed by atoms with Gasteiger partial charge in [0.25, 0.3) is 0 Å². The summed E-state index contributed by atoms with van der Waals surface area (Å²) in [7, 11) is 0. The van der Waals surface area contributed by atoms with Gasteiger partial charge in [-0.15, -0.1) is 12.6 Å².